The van der Waals surface area contributed by atoms with Crippen molar-refractivity contribution in [1.82, 2.24) is 10.2 Å². The van der Waals surface area contributed by atoms with Gasteiger partial charge in [0.15, 0.2) is 0 Å². The van der Waals surface area contributed by atoms with Crippen LogP contribution in [0.3, 0.4) is 0 Å². The van der Waals surface area contributed by atoms with E-state index in [0.29, 0.717) is 18.0 Å². The molecule has 4 aromatic carbocycles. The van der Waals surface area contributed by atoms with E-state index in [4.69, 9.17) is 4.74 Å². The normalized spacial score (nSPS) is 12.2. The molecule has 4 rings (SSSR count). The maximum atomic E-state index is 14.5. The molecule has 1 N–H and O–H groups in total. The first-order valence-electron chi connectivity index (χ1n) is 15.0. The summed E-state index contributed by atoms with van der Waals surface area (Å²) >= 11 is 0. The Morgan fingerprint density at radius 2 is 1.31 bits per heavy atom. The van der Waals surface area contributed by atoms with Gasteiger partial charge in [-0.05, 0) is 75.2 Å². The van der Waals surface area contributed by atoms with Crippen molar-refractivity contribution < 1.29 is 22.7 Å². The van der Waals surface area contributed by atoms with E-state index in [1.165, 1.54) is 17.0 Å². The summed E-state index contributed by atoms with van der Waals surface area (Å²) in [5, 5.41) is 3.04. The van der Waals surface area contributed by atoms with Gasteiger partial charge < -0.3 is 15.0 Å². The Morgan fingerprint density at radius 3 is 1.84 bits per heavy atom. The Bertz CT molecular complexity index is 1640. The minimum absolute atomic E-state index is 0.0487. The number of benzene rings is 4. The van der Waals surface area contributed by atoms with E-state index in [1.54, 1.807) is 42.5 Å². The van der Waals surface area contributed by atoms with Crippen LogP contribution in [0.1, 0.15) is 38.8 Å². The number of carbonyl (C=O) groups is 2. The number of hydrogen-bond donors (Lipinski definition) is 1. The molecular weight excluding hydrogens is 586 g/mol. The summed E-state index contributed by atoms with van der Waals surface area (Å²) in [6, 6.07) is 32.5. The fourth-order valence-corrected chi connectivity index (χ4v) is 6.35. The van der Waals surface area contributed by atoms with E-state index in [0.717, 1.165) is 15.4 Å². The zero-order valence-corrected chi connectivity index (χ0v) is 27.0. The summed E-state index contributed by atoms with van der Waals surface area (Å²) in [4.78, 5) is 30.0. The molecular formula is C36H41N3O5S. The Hall–Kier alpha value is -4.63. The number of ether oxygens (including phenoxy) is 1. The van der Waals surface area contributed by atoms with E-state index >= 15 is 0 Å². The van der Waals surface area contributed by atoms with Crippen LogP contribution in [0.5, 0.6) is 5.75 Å². The number of amides is 2. The highest BCUT2D eigenvalue weighted by Crippen LogP contribution is 2.27. The molecule has 0 aromatic heterocycles. The van der Waals surface area contributed by atoms with E-state index in [-0.39, 0.29) is 23.8 Å². The average Bonchev–Trinajstić information content (AvgIpc) is 3.02. The zero-order valence-electron chi connectivity index (χ0n) is 26.2. The second-order valence-corrected chi connectivity index (χ2v) is 13.6. The zero-order chi connectivity index (χ0) is 32.5. The maximum absolute atomic E-state index is 14.5. The third-order valence-electron chi connectivity index (χ3n) is 7.01. The van der Waals surface area contributed by atoms with Crippen molar-refractivity contribution in [3.63, 3.8) is 0 Å². The first kappa shape index (κ1) is 33.3. The van der Waals surface area contributed by atoms with E-state index in [2.05, 4.69) is 5.32 Å². The standard InChI is InChI=1S/C36H41N3O5S/c1-5-44-31-23-21-30(22-24-31)39(45(42,43)32-19-13-8-14-20-32)27-34(40)38(26-29-17-11-7-12-18-29)33(35(41)37-36(2,3)4)25-28-15-9-6-10-16-28/h6-24,33H,5,25-27H2,1-4H3,(H,37,41). The monoisotopic (exact) mass is 627 g/mol. The van der Waals surface area contributed by atoms with Gasteiger partial charge in [-0.15, -0.1) is 0 Å². The van der Waals surface area contributed by atoms with Gasteiger partial charge in [0.05, 0.1) is 17.2 Å². The minimum atomic E-state index is -4.17. The number of rotatable bonds is 13. The smallest absolute Gasteiger partial charge is 0.264 e. The van der Waals surface area contributed by atoms with Crippen molar-refractivity contribution in [2.45, 2.75) is 57.1 Å². The van der Waals surface area contributed by atoms with Gasteiger partial charge in [0.25, 0.3) is 10.0 Å². The molecule has 0 saturated heterocycles. The van der Waals surface area contributed by atoms with Crippen molar-refractivity contribution >= 4 is 27.5 Å². The van der Waals surface area contributed by atoms with Gasteiger partial charge in [-0.25, -0.2) is 8.42 Å². The quantitative estimate of drug-likeness (QED) is 0.201. The highest BCUT2D eigenvalue weighted by molar-refractivity contribution is 7.92. The second-order valence-electron chi connectivity index (χ2n) is 11.7. The number of nitrogens with zero attached hydrogens (tertiary/aromatic N) is 2. The molecule has 1 unspecified atom stereocenters. The molecule has 4 aromatic rings. The van der Waals surface area contributed by atoms with Crippen molar-refractivity contribution in [3.8, 4) is 5.75 Å². The summed E-state index contributed by atoms with van der Waals surface area (Å²) in [5.41, 5.74) is 1.43. The maximum Gasteiger partial charge on any atom is 0.264 e. The molecule has 9 heteroatoms. The van der Waals surface area contributed by atoms with Crippen LogP contribution in [0.15, 0.2) is 120 Å². The number of hydrogen-bond acceptors (Lipinski definition) is 5. The van der Waals surface area contributed by atoms with Gasteiger partial charge >= 0.3 is 0 Å². The summed E-state index contributed by atoms with van der Waals surface area (Å²) in [5.74, 6) is -0.261. The third-order valence-corrected chi connectivity index (χ3v) is 8.80. The number of nitrogens with one attached hydrogen (secondary N) is 1. The van der Waals surface area contributed by atoms with E-state index in [9.17, 15) is 18.0 Å². The van der Waals surface area contributed by atoms with Crippen LogP contribution in [-0.2, 0) is 32.6 Å². The highest BCUT2D eigenvalue weighted by Gasteiger charge is 2.35. The van der Waals surface area contributed by atoms with Crippen LogP contribution in [0.2, 0.25) is 0 Å². The van der Waals surface area contributed by atoms with E-state index < -0.39 is 34.1 Å². The molecule has 0 radical (unpaired) electrons. The predicted molar refractivity (Wildman–Crippen MR) is 177 cm³/mol. The third kappa shape index (κ3) is 9.18. The van der Waals surface area contributed by atoms with Gasteiger partial charge in [0.1, 0.15) is 18.3 Å². The lowest BCUT2D eigenvalue weighted by atomic mass is 10.0. The van der Waals surface area contributed by atoms with Crippen molar-refractivity contribution in [2.24, 2.45) is 0 Å². The Labute approximate surface area is 266 Å². The predicted octanol–water partition coefficient (Wildman–Crippen LogP) is 5.84. The summed E-state index contributed by atoms with van der Waals surface area (Å²) in [7, 11) is -4.17. The number of anilines is 1. The molecule has 0 spiro atoms. The van der Waals surface area contributed by atoms with Crippen molar-refractivity contribution in [3.05, 3.63) is 126 Å². The van der Waals surface area contributed by atoms with Gasteiger partial charge in [-0.1, -0.05) is 78.9 Å². The summed E-state index contributed by atoms with van der Waals surface area (Å²) in [6.45, 7) is 7.55. The first-order valence-corrected chi connectivity index (χ1v) is 16.4. The molecule has 8 nitrogen and oxygen atoms in total. The van der Waals surface area contributed by atoms with Crippen molar-refractivity contribution in [1.29, 1.82) is 0 Å². The van der Waals surface area contributed by atoms with Crippen LogP contribution in [-0.4, -0.2) is 49.9 Å². The summed E-state index contributed by atoms with van der Waals surface area (Å²) in [6.07, 6.45) is 0.246. The van der Waals surface area contributed by atoms with Gasteiger partial charge in [-0.3, -0.25) is 13.9 Å². The van der Waals surface area contributed by atoms with Gasteiger partial charge in [-0.2, -0.15) is 0 Å². The van der Waals surface area contributed by atoms with Crippen LogP contribution in [0.25, 0.3) is 0 Å². The molecule has 0 aliphatic carbocycles. The second kappa shape index (κ2) is 14.9. The fraction of sp³-hybridized carbons (Fsp3) is 0.278. The lowest BCUT2D eigenvalue weighted by Gasteiger charge is -2.35. The highest BCUT2D eigenvalue weighted by atomic mass is 32.2. The minimum Gasteiger partial charge on any atom is -0.494 e. The molecule has 2 amide bonds. The molecule has 0 heterocycles. The van der Waals surface area contributed by atoms with Gasteiger partial charge in [0.2, 0.25) is 11.8 Å². The average molecular weight is 628 g/mol. The van der Waals surface area contributed by atoms with Crippen molar-refractivity contribution in [2.75, 3.05) is 17.5 Å². The molecule has 0 saturated carbocycles. The molecule has 0 fully saturated rings. The lowest BCUT2D eigenvalue weighted by molar-refractivity contribution is -0.140. The molecule has 0 aliphatic rings. The Balaban J connectivity index is 1.79. The molecule has 236 valence electrons. The van der Waals surface area contributed by atoms with E-state index in [1.807, 2.05) is 88.4 Å². The lowest BCUT2D eigenvalue weighted by Crippen LogP contribution is -2.56. The molecule has 1 atom stereocenters. The van der Waals surface area contributed by atoms with Gasteiger partial charge in [0, 0.05) is 18.5 Å². The number of sulfonamides is 1. The first-order chi connectivity index (χ1) is 21.5. The van der Waals surface area contributed by atoms with Crippen LogP contribution in [0, 0.1) is 0 Å². The fourth-order valence-electron chi connectivity index (χ4n) is 4.91. The largest absolute Gasteiger partial charge is 0.494 e. The van der Waals surface area contributed by atoms with Crippen LogP contribution >= 0.6 is 0 Å². The Kier molecular flexibility index (Phi) is 11.0. The Morgan fingerprint density at radius 1 is 0.778 bits per heavy atom. The van der Waals surface area contributed by atoms with Crippen LogP contribution in [0.4, 0.5) is 5.69 Å². The molecule has 0 bridgehead atoms. The SMILES string of the molecule is CCOc1ccc(N(CC(=O)N(Cc2ccccc2)C(Cc2ccccc2)C(=O)NC(C)(C)C)S(=O)(=O)c2ccccc2)cc1. The molecule has 0 aliphatic heterocycles. The number of carbonyl (C=O) groups excluding carboxylic acids is 2. The summed E-state index contributed by atoms with van der Waals surface area (Å²) < 4.78 is 34.8. The molecule has 45 heavy (non-hydrogen) atoms. The topological polar surface area (TPSA) is 96.0 Å². The van der Waals surface area contributed by atoms with Crippen LogP contribution < -0.4 is 14.4 Å².